The third kappa shape index (κ3) is 3.33. The number of halogens is 2. The van der Waals surface area contributed by atoms with Crippen LogP contribution in [0.25, 0.3) is 0 Å². The van der Waals surface area contributed by atoms with Crippen molar-refractivity contribution in [2.24, 2.45) is 0 Å². The molecule has 118 valence electrons. The van der Waals surface area contributed by atoms with E-state index >= 15 is 0 Å². The molecule has 4 nitrogen and oxygen atoms in total. The van der Waals surface area contributed by atoms with Crippen molar-refractivity contribution in [3.8, 4) is 0 Å². The predicted molar refractivity (Wildman–Crippen MR) is 98.0 cm³/mol. The minimum Gasteiger partial charge on any atom is -0.320 e. The first kappa shape index (κ1) is 16.2. The van der Waals surface area contributed by atoms with Crippen molar-refractivity contribution in [1.29, 1.82) is 0 Å². The Morgan fingerprint density at radius 1 is 1.09 bits per heavy atom. The minimum absolute atomic E-state index is 0.0230. The third-order valence-corrected chi connectivity index (χ3v) is 4.75. The first-order valence-electron chi connectivity index (χ1n) is 7.13. The molecule has 0 radical (unpaired) electrons. The molecule has 6 heteroatoms. The fourth-order valence-corrected chi connectivity index (χ4v) is 3.48. The fourth-order valence-electron chi connectivity index (χ4n) is 2.71. The van der Waals surface area contributed by atoms with Crippen LogP contribution in [0.2, 0.25) is 0 Å². The molecule has 0 saturated heterocycles. The van der Waals surface area contributed by atoms with Crippen LogP contribution in [-0.2, 0) is 11.2 Å². The van der Waals surface area contributed by atoms with Crippen LogP contribution in [0.15, 0.2) is 45.3 Å². The van der Waals surface area contributed by atoms with Crippen molar-refractivity contribution in [2.45, 2.75) is 13.3 Å². The van der Waals surface area contributed by atoms with Gasteiger partial charge in [-0.2, -0.15) is 0 Å². The largest absolute Gasteiger partial charge is 0.320 e. The van der Waals surface area contributed by atoms with Crippen molar-refractivity contribution in [3.05, 3.63) is 56.5 Å². The molecule has 0 fully saturated rings. The van der Waals surface area contributed by atoms with E-state index in [2.05, 4.69) is 37.2 Å². The van der Waals surface area contributed by atoms with Gasteiger partial charge >= 0.3 is 0 Å². The van der Waals surface area contributed by atoms with Gasteiger partial charge in [-0.15, -0.1) is 0 Å². The Morgan fingerprint density at radius 2 is 1.78 bits per heavy atom. The third-order valence-electron chi connectivity index (χ3n) is 3.76. The molecule has 0 atom stereocenters. The number of hydrogen-bond donors (Lipinski definition) is 1. The molecule has 2 aromatic rings. The van der Waals surface area contributed by atoms with Crippen LogP contribution < -0.4 is 10.2 Å². The molecule has 1 heterocycles. The molecule has 0 aliphatic carbocycles. The molecule has 0 unspecified atom stereocenters. The Labute approximate surface area is 151 Å². The number of rotatable bonds is 2. The van der Waals surface area contributed by atoms with E-state index in [1.807, 2.05) is 24.3 Å². The monoisotopic (exact) mass is 436 g/mol. The lowest BCUT2D eigenvalue weighted by atomic mass is 10.1. The van der Waals surface area contributed by atoms with Gasteiger partial charge in [0.25, 0.3) is 5.91 Å². The van der Waals surface area contributed by atoms with Crippen LogP contribution in [0.5, 0.6) is 0 Å². The van der Waals surface area contributed by atoms with E-state index in [0.717, 1.165) is 26.6 Å². The Bertz CT molecular complexity index is 788. The Morgan fingerprint density at radius 3 is 2.43 bits per heavy atom. The van der Waals surface area contributed by atoms with Crippen molar-refractivity contribution in [1.82, 2.24) is 0 Å². The maximum Gasteiger partial charge on any atom is 0.255 e. The number of fused-ring (bicyclic) bond motifs is 1. The summed E-state index contributed by atoms with van der Waals surface area (Å²) in [5, 5.41) is 2.93. The molecule has 2 amide bonds. The summed E-state index contributed by atoms with van der Waals surface area (Å²) in [6, 6.07) is 11.0. The molecule has 1 aliphatic rings. The zero-order chi connectivity index (χ0) is 16.6. The van der Waals surface area contributed by atoms with E-state index in [1.54, 1.807) is 17.0 Å². The molecule has 1 N–H and O–H groups in total. The first-order valence-corrected chi connectivity index (χ1v) is 8.72. The van der Waals surface area contributed by atoms with E-state index in [1.165, 1.54) is 6.92 Å². The molecule has 0 aromatic heterocycles. The molecule has 0 spiro atoms. The summed E-state index contributed by atoms with van der Waals surface area (Å²) in [7, 11) is 0. The van der Waals surface area contributed by atoms with Gasteiger partial charge in [-0.05, 0) is 48.4 Å². The molecule has 0 bridgehead atoms. The average Bonchev–Trinajstić information content (AvgIpc) is 2.91. The molecule has 3 rings (SSSR count). The van der Waals surface area contributed by atoms with Gasteiger partial charge in [0.2, 0.25) is 5.91 Å². The van der Waals surface area contributed by atoms with Crippen LogP contribution in [-0.4, -0.2) is 18.4 Å². The van der Waals surface area contributed by atoms with Crippen molar-refractivity contribution in [3.63, 3.8) is 0 Å². The van der Waals surface area contributed by atoms with Gasteiger partial charge < -0.3 is 10.2 Å². The maximum absolute atomic E-state index is 12.5. The summed E-state index contributed by atoms with van der Waals surface area (Å²) in [6.07, 6.45) is 0.787. The Kier molecular flexibility index (Phi) is 4.55. The highest BCUT2D eigenvalue weighted by molar-refractivity contribution is 9.10. The molecule has 2 aromatic carbocycles. The smallest absolute Gasteiger partial charge is 0.255 e. The zero-order valence-electron chi connectivity index (χ0n) is 12.4. The van der Waals surface area contributed by atoms with Crippen molar-refractivity contribution < 1.29 is 9.59 Å². The lowest BCUT2D eigenvalue weighted by molar-refractivity contribution is -0.116. The summed E-state index contributed by atoms with van der Waals surface area (Å²) in [6.45, 7) is 2.18. The number of carbonyl (C=O) groups excluding carboxylic acids is 2. The van der Waals surface area contributed by atoms with Gasteiger partial charge in [0.1, 0.15) is 0 Å². The Balaban J connectivity index is 1.95. The van der Waals surface area contributed by atoms with E-state index in [9.17, 15) is 9.59 Å². The summed E-state index contributed by atoms with van der Waals surface area (Å²) in [4.78, 5) is 26.0. The van der Waals surface area contributed by atoms with Crippen LogP contribution in [0.1, 0.15) is 22.8 Å². The lowest BCUT2D eigenvalue weighted by Crippen LogP contribution is -2.27. The number of anilines is 2. The lowest BCUT2D eigenvalue weighted by Gasteiger charge is -2.19. The van der Waals surface area contributed by atoms with Crippen LogP contribution in [0.3, 0.4) is 0 Å². The summed E-state index contributed by atoms with van der Waals surface area (Å²) in [5.74, 6) is -0.224. The topological polar surface area (TPSA) is 49.4 Å². The van der Waals surface area contributed by atoms with E-state index in [4.69, 9.17) is 0 Å². The average molecular weight is 438 g/mol. The van der Waals surface area contributed by atoms with Gasteiger partial charge in [0.15, 0.2) is 0 Å². The highest BCUT2D eigenvalue weighted by Gasteiger charge is 2.26. The minimum atomic E-state index is -0.201. The second-order valence-corrected chi connectivity index (χ2v) is 7.17. The normalized spacial score (nSPS) is 12.9. The SMILES string of the molecule is CC(=O)N1CCc2cc(Br)cc(NC(=O)c3ccc(Br)cc3)c21. The summed E-state index contributed by atoms with van der Waals surface area (Å²) in [5.41, 5.74) is 3.07. The molecular weight excluding hydrogens is 424 g/mol. The molecular formula is C17H14Br2N2O2. The highest BCUT2D eigenvalue weighted by atomic mass is 79.9. The number of carbonyl (C=O) groups is 2. The molecule has 0 saturated carbocycles. The van der Waals surface area contributed by atoms with Gasteiger partial charge in [0.05, 0.1) is 11.4 Å². The number of nitrogens with one attached hydrogen (secondary N) is 1. The standard InChI is InChI=1S/C17H14Br2N2O2/c1-10(22)21-7-6-12-8-14(19)9-15(16(12)21)20-17(23)11-2-4-13(18)5-3-11/h2-5,8-9H,6-7H2,1H3,(H,20,23). The van der Waals surface area contributed by atoms with E-state index < -0.39 is 0 Å². The number of hydrogen-bond acceptors (Lipinski definition) is 2. The van der Waals surface area contributed by atoms with Gasteiger partial charge in [-0.1, -0.05) is 31.9 Å². The highest BCUT2D eigenvalue weighted by Crippen LogP contribution is 2.38. The molecule has 1 aliphatic heterocycles. The Hall–Kier alpha value is -1.66. The van der Waals surface area contributed by atoms with Gasteiger partial charge in [-0.3, -0.25) is 9.59 Å². The van der Waals surface area contributed by atoms with Crippen LogP contribution in [0, 0.1) is 0 Å². The number of amides is 2. The van der Waals surface area contributed by atoms with E-state index in [0.29, 0.717) is 17.8 Å². The predicted octanol–water partition coefficient (Wildman–Crippen LogP) is 4.37. The van der Waals surface area contributed by atoms with E-state index in [-0.39, 0.29) is 11.8 Å². The summed E-state index contributed by atoms with van der Waals surface area (Å²) < 4.78 is 1.80. The summed E-state index contributed by atoms with van der Waals surface area (Å²) >= 11 is 6.82. The van der Waals surface area contributed by atoms with Crippen molar-refractivity contribution >= 4 is 55.0 Å². The number of nitrogens with zero attached hydrogens (tertiary/aromatic N) is 1. The number of benzene rings is 2. The second-order valence-electron chi connectivity index (χ2n) is 5.34. The van der Waals surface area contributed by atoms with Gasteiger partial charge in [0, 0.05) is 28.0 Å². The quantitative estimate of drug-likeness (QED) is 0.758. The molecule has 23 heavy (non-hydrogen) atoms. The van der Waals surface area contributed by atoms with Crippen LogP contribution in [0.4, 0.5) is 11.4 Å². The zero-order valence-corrected chi connectivity index (χ0v) is 15.6. The van der Waals surface area contributed by atoms with Crippen LogP contribution >= 0.6 is 31.9 Å². The maximum atomic E-state index is 12.5. The van der Waals surface area contributed by atoms with Crippen molar-refractivity contribution in [2.75, 3.05) is 16.8 Å². The van der Waals surface area contributed by atoms with Gasteiger partial charge in [-0.25, -0.2) is 0 Å². The fraction of sp³-hybridized carbons (Fsp3) is 0.176. The first-order chi connectivity index (χ1) is 11.0. The second kappa shape index (κ2) is 6.45.